The van der Waals surface area contributed by atoms with E-state index in [0.29, 0.717) is 22.0 Å². The van der Waals surface area contributed by atoms with Gasteiger partial charge in [-0.2, -0.15) is 0 Å². The molecule has 4 rings (SSSR count). The van der Waals surface area contributed by atoms with Gasteiger partial charge in [-0.3, -0.25) is 14.4 Å². The Morgan fingerprint density at radius 2 is 1.62 bits per heavy atom. The summed E-state index contributed by atoms with van der Waals surface area (Å²) in [4.78, 5) is 40.6. The summed E-state index contributed by atoms with van der Waals surface area (Å²) < 4.78 is 0. The van der Waals surface area contributed by atoms with Crippen molar-refractivity contribution in [1.29, 1.82) is 0 Å². The highest BCUT2D eigenvalue weighted by atomic mass is 35.5. The van der Waals surface area contributed by atoms with Crippen LogP contribution in [-0.4, -0.2) is 72.0 Å². The topological polar surface area (TPSA) is 90.0 Å². The Kier molecular flexibility index (Phi) is 8.78. The molecule has 9 heteroatoms. The van der Waals surface area contributed by atoms with E-state index in [1.54, 1.807) is 26.2 Å². The lowest BCUT2D eigenvalue weighted by Gasteiger charge is -2.33. The zero-order chi connectivity index (χ0) is 26.7. The van der Waals surface area contributed by atoms with Gasteiger partial charge in [-0.15, -0.1) is 0 Å². The van der Waals surface area contributed by atoms with Crippen molar-refractivity contribution in [3.63, 3.8) is 0 Å². The van der Waals surface area contributed by atoms with Crippen molar-refractivity contribution in [2.24, 2.45) is 5.92 Å². The first kappa shape index (κ1) is 27.4. The molecule has 2 N–H and O–H groups in total. The highest BCUT2D eigenvalue weighted by Crippen LogP contribution is 2.36. The van der Waals surface area contributed by atoms with Crippen molar-refractivity contribution in [3.8, 4) is 11.1 Å². The molecule has 3 amide bonds. The third kappa shape index (κ3) is 6.46. The largest absolute Gasteiger partial charge is 0.393 e. The molecule has 2 aromatic rings. The van der Waals surface area contributed by atoms with Crippen LogP contribution < -0.4 is 5.32 Å². The van der Waals surface area contributed by atoms with Crippen molar-refractivity contribution in [3.05, 3.63) is 57.6 Å². The van der Waals surface area contributed by atoms with Gasteiger partial charge in [-0.25, -0.2) is 0 Å². The van der Waals surface area contributed by atoms with Gasteiger partial charge in [0, 0.05) is 48.2 Å². The fourth-order valence-corrected chi connectivity index (χ4v) is 5.77. The van der Waals surface area contributed by atoms with Crippen LogP contribution in [0.15, 0.2) is 36.4 Å². The summed E-state index contributed by atoms with van der Waals surface area (Å²) >= 11 is 13.3. The molecule has 0 spiro atoms. The molecule has 0 bridgehead atoms. The maximum absolute atomic E-state index is 13.1. The van der Waals surface area contributed by atoms with E-state index in [2.05, 4.69) is 5.32 Å². The molecule has 1 aliphatic carbocycles. The van der Waals surface area contributed by atoms with Crippen LogP contribution in [0.2, 0.25) is 10.0 Å². The van der Waals surface area contributed by atoms with Crippen LogP contribution in [0.1, 0.15) is 48.0 Å². The van der Waals surface area contributed by atoms with Crippen molar-refractivity contribution in [2.75, 3.05) is 27.2 Å². The number of hydrogen-bond acceptors (Lipinski definition) is 4. The lowest BCUT2D eigenvalue weighted by molar-refractivity contribution is -0.134. The summed E-state index contributed by atoms with van der Waals surface area (Å²) in [5, 5.41) is 13.4. The third-order valence-electron chi connectivity index (χ3n) is 7.43. The van der Waals surface area contributed by atoms with Gasteiger partial charge in [0.2, 0.25) is 11.8 Å². The second-order valence-electron chi connectivity index (χ2n) is 10.2. The monoisotopic (exact) mass is 545 g/mol. The first-order valence-electron chi connectivity index (χ1n) is 12.7. The highest BCUT2D eigenvalue weighted by molar-refractivity contribution is 6.36. The predicted molar refractivity (Wildman–Crippen MR) is 145 cm³/mol. The quantitative estimate of drug-likeness (QED) is 0.546. The zero-order valence-electron chi connectivity index (χ0n) is 21.2. The van der Waals surface area contributed by atoms with Crippen LogP contribution in [0.5, 0.6) is 0 Å². The van der Waals surface area contributed by atoms with E-state index >= 15 is 0 Å². The zero-order valence-corrected chi connectivity index (χ0v) is 22.7. The van der Waals surface area contributed by atoms with Crippen molar-refractivity contribution in [1.82, 2.24) is 15.1 Å². The number of likely N-dealkylation sites (N-methyl/N-ethyl adjacent to an activating group) is 1. The number of hydrogen-bond donors (Lipinski definition) is 2. The number of amides is 3. The van der Waals surface area contributed by atoms with Crippen LogP contribution in [0, 0.1) is 5.92 Å². The Hall–Kier alpha value is -2.61. The number of rotatable bonds is 7. The second-order valence-corrected chi connectivity index (χ2v) is 11.0. The third-order valence-corrected chi connectivity index (χ3v) is 8.10. The maximum atomic E-state index is 13.1. The molecule has 1 heterocycles. The second kappa shape index (κ2) is 11.8. The SMILES string of the molecule is CN(C)C(=O)CNC(=O)c1ccc(-c2cc(Cl)c(C[C@@H]3CCN([C@H]4CC[C@H](O)CC4)C3=O)c(Cl)c2)cc1. The molecule has 0 radical (unpaired) electrons. The number of carbonyl (C=O) groups excluding carboxylic acids is 3. The predicted octanol–water partition coefficient (Wildman–Crippen LogP) is 4.17. The number of benzene rings is 2. The number of halogens is 2. The fraction of sp³-hybridized carbons (Fsp3) is 0.464. The Morgan fingerprint density at radius 3 is 2.22 bits per heavy atom. The van der Waals surface area contributed by atoms with Crippen LogP contribution >= 0.6 is 23.2 Å². The molecule has 0 unspecified atom stereocenters. The van der Waals surface area contributed by atoms with E-state index < -0.39 is 0 Å². The normalized spacial score (nSPS) is 21.7. The van der Waals surface area contributed by atoms with E-state index in [9.17, 15) is 19.5 Å². The van der Waals surface area contributed by atoms with E-state index in [0.717, 1.165) is 55.3 Å². The molecule has 37 heavy (non-hydrogen) atoms. The van der Waals surface area contributed by atoms with Crippen LogP contribution in [-0.2, 0) is 16.0 Å². The highest BCUT2D eigenvalue weighted by Gasteiger charge is 2.37. The summed E-state index contributed by atoms with van der Waals surface area (Å²) in [6.07, 6.45) is 4.23. The first-order valence-corrected chi connectivity index (χ1v) is 13.4. The average molecular weight is 546 g/mol. The molecule has 2 aromatic carbocycles. The van der Waals surface area contributed by atoms with Crippen molar-refractivity contribution in [2.45, 2.75) is 50.7 Å². The molecule has 2 aliphatic rings. The van der Waals surface area contributed by atoms with Crippen molar-refractivity contribution >= 4 is 40.9 Å². The average Bonchev–Trinajstić information content (AvgIpc) is 3.24. The summed E-state index contributed by atoms with van der Waals surface area (Å²) in [5.74, 6) is -0.508. The Labute approximate surface area is 227 Å². The van der Waals surface area contributed by atoms with Gasteiger partial charge < -0.3 is 20.2 Å². The lowest BCUT2D eigenvalue weighted by Crippen LogP contribution is -2.41. The minimum atomic E-state index is -0.326. The molecular formula is C28H33Cl2N3O4. The number of aliphatic hydroxyl groups excluding tert-OH is 1. The molecule has 2 fully saturated rings. The fourth-order valence-electron chi connectivity index (χ4n) is 5.13. The van der Waals surface area contributed by atoms with Crippen LogP contribution in [0.25, 0.3) is 11.1 Å². The standard InChI is InChI=1S/C28H33Cl2N3O4/c1-32(2)26(35)16-31-27(36)18-5-3-17(4-6-18)20-14-24(29)23(25(30)15-20)13-19-11-12-33(28(19)37)21-7-9-22(34)10-8-21/h3-6,14-15,19,21-22,34H,7-13,16H2,1-2H3,(H,31,36)/t19-,21-,22-/m0/s1. The number of carbonyl (C=O) groups is 3. The van der Waals surface area contributed by atoms with Gasteiger partial charge in [-0.1, -0.05) is 35.3 Å². The van der Waals surface area contributed by atoms with Gasteiger partial charge in [0.15, 0.2) is 0 Å². The van der Waals surface area contributed by atoms with Gasteiger partial charge in [0.1, 0.15) is 0 Å². The maximum Gasteiger partial charge on any atom is 0.251 e. The van der Waals surface area contributed by atoms with E-state index in [1.165, 1.54) is 4.90 Å². The van der Waals surface area contributed by atoms with E-state index in [1.807, 2.05) is 29.2 Å². The summed E-state index contributed by atoms with van der Waals surface area (Å²) in [5.41, 5.74) is 2.88. The van der Waals surface area contributed by atoms with Crippen LogP contribution in [0.4, 0.5) is 0 Å². The molecular weight excluding hydrogens is 513 g/mol. The van der Waals surface area contributed by atoms with Crippen LogP contribution in [0.3, 0.4) is 0 Å². The van der Waals surface area contributed by atoms with Crippen molar-refractivity contribution < 1.29 is 19.5 Å². The minimum Gasteiger partial charge on any atom is -0.393 e. The molecule has 1 atom stereocenters. The Bertz CT molecular complexity index is 1140. The summed E-state index contributed by atoms with van der Waals surface area (Å²) in [6.45, 7) is 0.673. The van der Waals surface area contributed by atoms with Gasteiger partial charge in [0.25, 0.3) is 5.91 Å². The Balaban J connectivity index is 1.41. The lowest BCUT2D eigenvalue weighted by atomic mass is 9.92. The molecule has 198 valence electrons. The first-order chi connectivity index (χ1) is 17.6. The van der Waals surface area contributed by atoms with E-state index in [4.69, 9.17) is 23.2 Å². The number of aliphatic hydroxyl groups is 1. The number of likely N-dealkylation sites (tertiary alicyclic amines) is 1. The van der Waals surface area contributed by atoms with Gasteiger partial charge >= 0.3 is 0 Å². The molecule has 1 aliphatic heterocycles. The molecule has 7 nitrogen and oxygen atoms in total. The molecule has 1 saturated heterocycles. The smallest absolute Gasteiger partial charge is 0.251 e. The van der Waals surface area contributed by atoms with Gasteiger partial charge in [0.05, 0.1) is 12.6 Å². The Morgan fingerprint density at radius 1 is 1.00 bits per heavy atom. The summed E-state index contributed by atoms with van der Waals surface area (Å²) in [6, 6.07) is 10.9. The van der Waals surface area contributed by atoms with Gasteiger partial charge in [-0.05, 0) is 79.5 Å². The van der Waals surface area contributed by atoms with E-state index in [-0.39, 0.29) is 42.3 Å². The summed E-state index contributed by atoms with van der Waals surface area (Å²) in [7, 11) is 3.27. The number of nitrogens with one attached hydrogen (secondary N) is 1. The minimum absolute atomic E-state index is 0.0642. The molecule has 1 saturated carbocycles. The number of nitrogens with zero attached hydrogens (tertiary/aromatic N) is 2. The molecule has 0 aromatic heterocycles.